The van der Waals surface area contributed by atoms with Crippen LogP contribution in [0.3, 0.4) is 0 Å². The topological polar surface area (TPSA) is 237 Å². The van der Waals surface area contributed by atoms with Gasteiger partial charge in [0.05, 0.1) is 26.4 Å². The van der Waals surface area contributed by atoms with Crippen molar-refractivity contribution in [3.05, 3.63) is 0 Å². The van der Waals surface area contributed by atoms with Crippen molar-refractivity contribution < 1.29 is 80.2 Å². The molecule has 0 radical (unpaired) electrons. The van der Waals surface area contributed by atoms with Gasteiger partial charge in [-0.1, -0.05) is 383 Å². The summed E-state index contributed by atoms with van der Waals surface area (Å²) in [6, 6.07) is 0. The van der Waals surface area contributed by atoms with Crippen LogP contribution in [0.25, 0.3) is 0 Å². The van der Waals surface area contributed by atoms with E-state index in [-0.39, 0.29) is 25.7 Å². The van der Waals surface area contributed by atoms with Crippen molar-refractivity contribution in [3.8, 4) is 0 Å². The number of esters is 4. The average Bonchev–Trinajstić information content (AvgIpc) is 0.925. The van der Waals surface area contributed by atoms with E-state index in [0.717, 1.165) is 114 Å². The molecule has 19 heteroatoms. The third-order valence-electron chi connectivity index (χ3n) is 19.9. The molecule has 0 aliphatic carbocycles. The maximum absolute atomic E-state index is 13.1. The van der Waals surface area contributed by atoms with E-state index < -0.39 is 97.5 Å². The Labute approximate surface area is 632 Å². The summed E-state index contributed by atoms with van der Waals surface area (Å²) >= 11 is 0. The Bertz CT molecular complexity index is 2010. The van der Waals surface area contributed by atoms with Gasteiger partial charge in [-0.15, -0.1) is 0 Å². The first-order valence-corrected chi connectivity index (χ1v) is 46.2. The van der Waals surface area contributed by atoms with E-state index in [1.54, 1.807) is 0 Å². The number of carbonyl (C=O) groups excluding carboxylic acids is 4. The summed E-state index contributed by atoms with van der Waals surface area (Å²) in [5.41, 5.74) is 0. The Hall–Kier alpha value is -1.94. The van der Waals surface area contributed by atoms with Crippen molar-refractivity contribution in [2.24, 2.45) is 23.7 Å². The summed E-state index contributed by atoms with van der Waals surface area (Å²) in [4.78, 5) is 73.2. The molecule has 3 N–H and O–H groups in total. The minimum atomic E-state index is -4.97. The second-order valence-corrected chi connectivity index (χ2v) is 34.8. The Morgan fingerprint density at radius 3 is 0.689 bits per heavy atom. The van der Waals surface area contributed by atoms with Crippen LogP contribution in [-0.2, 0) is 65.4 Å². The van der Waals surface area contributed by atoms with Crippen LogP contribution >= 0.6 is 15.6 Å². The molecule has 0 saturated heterocycles. The van der Waals surface area contributed by atoms with Gasteiger partial charge in [0.2, 0.25) is 0 Å². The highest BCUT2D eigenvalue weighted by atomic mass is 31.2. The van der Waals surface area contributed by atoms with Gasteiger partial charge < -0.3 is 33.8 Å². The van der Waals surface area contributed by atoms with Gasteiger partial charge in [-0.25, -0.2) is 9.13 Å². The van der Waals surface area contributed by atoms with Crippen molar-refractivity contribution in [3.63, 3.8) is 0 Å². The number of carbonyl (C=O) groups is 4. The van der Waals surface area contributed by atoms with E-state index >= 15 is 0 Å². The number of unbranched alkanes of at least 4 members (excludes halogenated alkanes) is 46. The largest absolute Gasteiger partial charge is 0.472 e. The van der Waals surface area contributed by atoms with Crippen LogP contribution in [0.2, 0.25) is 0 Å². The third-order valence-corrected chi connectivity index (χ3v) is 21.8. The SMILES string of the molecule is CCC(C)CCCCCCCCCCCCCCCCC(=O)O[C@H](COC(=O)CCCCCCCCCCCCCCCCC(C)C)COP(=O)(O)OC[C@@H](O)COP(=O)(O)OC[C@@H](COC(=O)CCCCCCCCCCCC(C)C)OC(=O)CCCCCCCCCCCCCCCC(C)C. The number of rotatable bonds is 81. The zero-order chi connectivity index (χ0) is 76.0. The van der Waals surface area contributed by atoms with E-state index in [0.29, 0.717) is 25.7 Å². The lowest BCUT2D eigenvalue weighted by molar-refractivity contribution is -0.161. The van der Waals surface area contributed by atoms with Gasteiger partial charge in [0.1, 0.15) is 19.3 Å². The van der Waals surface area contributed by atoms with Crippen LogP contribution in [0.4, 0.5) is 0 Å². The van der Waals surface area contributed by atoms with E-state index in [1.165, 1.54) is 238 Å². The molecule has 6 atom stereocenters. The van der Waals surface area contributed by atoms with Gasteiger partial charge in [0, 0.05) is 25.7 Å². The Balaban J connectivity index is 5.27. The van der Waals surface area contributed by atoms with Gasteiger partial charge in [-0.3, -0.25) is 37.3 Å². The molecule has 0 aromatic rings. The fraction of sp³-hybridized carbons (Fsp3) is 0.952. The predicted molar refractivity (Wildman–Crippen MR) is 423 cm³/mol. The Kier molecular flexibility index (Phi) is 71.5. The smallest absolute Gasteiger partial charge is 0.462 e. The summed E-state index contributed by atoms with van der Waals surface area (Å²) in [6.07, 6.45) is 60.9. The molecule has 17 nitrogen and oxygen atoms in total. The van der Waals surface area contributed by atoms with E-state index in [1.807, 2.05) is 0 Å². The van der Waals surface area contributed by atoms with Gasteiger partial charge in [0.15, 0.2) is 12.2 Å². The highest BCUT2D eigenvalue weighted by Gasteiger charge is 2.30. The molecule has 0 saturated carbocycles. The van der Waals surface area contributed by atoms with Crippen LogP contribution in [0.5, 0.6) is 0 Å². The quantitative estimate of drug-likeness (QED) is 0.0222. The number of hydrogen-bond acceptors (Lipinski definition) is 15. The first-order chi connectivity index (χ1) is 49.6. The molecule has 103 heavy (non-hydrogen) atoms. The van der Waals surface area contributed by atoms with Crippen molar-refractivity contribution in [2.75, 3.05) is 39.6 Å². The van der Waals surface area contributed by atoms with Crippen LogP contribution in [0.1, 0.15) is 434 Å². The van der Waals surface area contributed by atoms with E-state index in [2.05, 4.69) is 55.4 Å². The monoisotopic (exact) mass is 1510 g/mol. The zero-order valence-corrected chi connectivity index (χ0v) is 69.7. The van der Waals surface area contributed by atoms with E-state index in [4.69, 9.17) is 37.0 Å². The first-order valence-electron chi connectivity index (χ1n) is 43.2. The molecule has 3 unspecified atom stereocenters. The summed E-state index contributed by atoms with van der Waals surface area (Å²) in [5, 5.41) is 10.7. The molecule has 0 aromatic heterocycles. The molecule has 0 spiro atoms. The molecule has 612 valence electrons. The molecule has 0 amide bonds. The minimum absolute atomic E-state index is 0.107. The average molecular weight is 1510 g/mol. The van der Waals surface area contributed by atoms with Gasteiger partial charge in [-0.2, -0.15) is 0 Å². The zero-order valence-electron chi connectivity index (χ0n) is 68.0. The standard InChI is InChI=1S/C84H164O17P2/c1-9-77(8)63-55-47-39-31-23-17-11-13-19-25-33-42-50-58-66-83(88)100-79(70-94-81(86)64-56-48-40-32-24-18-12-10-15-21-28-36-44-52-60-74(2)3)72-98-102(90,91)96-68-78(85)69-97-103(92,93)99-73-80(71-95-82(87)65-57-49-41-35-27-30-38-46-54-62-76(6)7)101-84(89)67-59-51-43-34-26-20-14-16-22-29-37-45-53-61-75(4)5/h74-80,85H,9-73H2,1-8H3,(H,90,91)(H,92,93)/t77?,78-,79-,80-/m1/s1. The number of hydrogen-bond donors (Lipinski definition) is 3. The normalized spacial score (nSPS) is 14.2. The number of aliphatic hydroxyl groups excluding tert-OH is 1. The molecule has 0 rings (SSSR count). The van der Waals surface area contributed by atoms with Gasteiger partial charge in [-0.05, 0) is 49.4 Å². The molecule has 0 aliphatic rings. The maximum atomic E-state index is 13.1. The fourth-order valence-corrected chi connectivity index (χ4v) is 14.5. The molecule has 0 aliphatic heterocycles. The lowest BCUT2D eigenvalue weighted by Crippen LogP contribution is -2.30. The molecule has 0 heterocycles. The third kappa shape index (κ3) is 76.6. The molecular weight excluding hydrogens is 1340 g/mol. The molecular formula is C84H164O17P2. The number of aliphatic hydroxyl groups is 1. The number of phosphoric ester groups is 2. The minimum Gasteiger partial charge on any atom is -0.462 e. The molecule has 0 fully saturated rings. The Morgan fingerprint density at radius 1 is 0.272 bits per heavy atom. The Morgan fingerprint density at radius 2 is 0.466 bits per heavy atom. The lowest BCUT2D eigenvalue weighted by Gasteiger charge is -2.21. The lowest BCUT2D eigenvalue weighted by atomic mass is 9.99. The van der Waals surface area contributed by atoms with Crippen molar-refractivity contribution >= 4 is 39.5 Å². The van der Waals surface area contributed by atoms with Crippen LogP contribution < -0.4 is 0 Å². The highest BCUT2D eigenvalue weighted by Crippen LogP contribution is 2.45. The molecule has 0 aromatic carbocycles. The van der Waals surface area contributed by atoms with E-state index in [9.17, 15) is 43.2 Å². The number of ether oxygens (including phenoxy) is 4. The summed E-state index contributed by atoms with van der Waals surface area (Å²) in [6.45, 7) is 14.3. The first kappa shape index (κ1) is 101. The number of phosphoric acid groups is 2. The van der Waals surface area contributed by atoms with Crippen LogP contribution in [0, 0.1) is 23.7 Å². The van der Waals surface area contributed by atoms with Crippen LogP contribution in [-0.4, -0.2) is 96.7 Å². The fourth-order valence-electron chi connectivity index (χ4n) is 12.9. The second kappa shape index (κ2) is 72.9. The van der Waals surface area contributed by atoms with Crippen LogP contribution in [0.15, 0.2) is 0 Å². The van der Waals surface area contributed by atoms with Gasteiger partial charge >= 0.3 is 39.5 Å². The maximum Gasteiger partial charge on any atom is 0.472 e. The summed E-state index contributed by atoms with van der Waals surface area (Å²) in [7, 11) is -9.93. The van der Waals surface area contributed by atoms with Gasteiger partial charge in [0.25, 0.3) is 0 Å². The summed E-state index contributed by atoms with van der Waals surface area (Å²) < 4.78 is 68.9. The second-order valence-electron chi connectivity index (χ2n) is 31.9. The highest BCUT2D eigenvalue weighted by molar-refractivity contribution is 7.47. The summed E-state index contributed by atoms with van der Waals surface area (Å²) in [5.74, 6) is 1.07. The molecule has 0 bridgehead atoms. The van der Waals surface area contributed by atoms with Crippen molar-refractivity contribution in [2.45, 2.75) is 453 Å². The predicted octanol–water partition coefficient (Wildman–Crippen LogP) is 25.2. The van der Waals surface area contributed by atoms with Crippen molar-refractivity contribution in [1.29, 1.82) is 0 Å². The van der Waals surface area contributed by atoms with Crippen molar-refractivity contribution in [1.82, 2.24) is 0 Å².